The second-order valence-corrected chi connectivity index (χ2v) is 6.18. The first-order chi connectivity index (χ1) is 11.0. The van der Waals surface area contributed by atoms with Crippen LogP contribution in [0.15, 0.2) is 17.0 Å². The van der Waals surface area contributed by atoms with Crippen LogP contribution in [0, 0.1) is 0 Å². The van der Waals surface area contributed by atoms with Gasteiger partial charge in [-0.15, -0.1) is 0 Å². The molecule has 1 aliphatic carbocycles. The van der Waals surface area contributed by atoms with Gasteiger partial charge in [-0.1, -0.05) is 31.8 Å². The molecule has 0 radical (unpaired) electrons. The quantitative estimate of drug-likeness (QED) is 0.881. The van der Waals surface area contributed by atoms with Gasteiger partial charge in [0.25, 0.3) is 5.91 Å². The number of nitrogens with zero attached hydrogens (tertiary/aromatic N) is 4. The molecule has 2 heterocycles. The van der Waals surface area contributed by atoms with Gasteiger partial charge in [0.1, 0.15) is 17.7 Å². The minimum atomic E-state index is -0.615. The first kappa shape index (κ1) is 15.4. The van der Waals surface area contributed by atoms with Crippen molar-refractivity contribution in [2.45, 2.75) is 51.0 Å². The maximum absolute atomic E-state index is 12.6. The highest BCUT2D eigenvalue weighted by Crippen LogP contribution is 2.38. The molecule has 1 saturated carbocycles. The van der Waals surface area contributed by atoms with Crippen molar-refractivity contribution in [2.24, 2.45) is 0 Å². The van der Waals surface area contributed by atoms with E-state index in [1.54, 1.807) is 0 Å². The number of nitrogen functional groups attached to an aromatic ring is 1. The number of nitrogens with two attached hydrogens (primary N) is 1. The summed E-state index contributed by atoms with van der Waals surface area (Å²) >= 11 is 0. The van der Waals surface area contributed by atoms with Crippen LogP contribution >= 0.6 is 0 Å². The number of carbonyl (C=O) groups is 1. The van der Waals surface area contributed by atoms with Gasteiger partial charge in [-0.25, -0.2) is 9.97 Å². The zero-order chi connectivity index (χ0) is 16.4. The van der Waals surface area contributed by atoms with Crippen LogP contribution in [0.3, 0.4) is 0 Å². The van der Waals surface area contributed by atoms with E-state index in [1.807, 2.05) is 13.8 Å². The van der Waals surface area contributed by atoms with E-state index in [4.69, 9.17) is 10.3 Å². The molecule has 1 fully saturated rings. The average Bonchev–Trinajstić information content (AvgIpc) is 3.17. The van der Waals surface area contributed by atoms with Gasteiger partial charge >= 0.3 is 0 Å². The summed E-state index contributed by atoms with van der Waals surface area (Å²) < 4.78 is 5.31. The number of nitrogens with one attached hydrogen (secondary N) is 1. The van der Waals surface area contributed by atoms with Gasteiger partial charge in [0.15, 0.2) is 5.82 Å². The SMILES string of the molecule is CC(C)c1nc(C2(NC(=O)c3cncnc3N)CCCC2)no1. The predicted molar refractivity (Wildman–Crippen MR) is 82.4 cm³/mol. The Bertz CT molecular complexity index is 705. The molecule has 8 nitrogen and oxygen atoms in total. The van der Waals surface area contributed by atoms with Crippen molar-refractivity contribution in [3.63, 3.8) is 0 Å². The number of amides is 1. The van der Waals surface area contributed by atoms with E-state index in [-0.39, 0.29) is 23.2 Å². The maximum atomic E-state index is 12.6. The first-order valence-electron chi connectivity index (χ1n) is 7.74. The van der Waals surface area contributed by atoms with Crippen molar-refractivity contribution in [1.82, 2.24) is 25.4 Å². The van der Waals surface area contributed by atoms with E-state index in [1.165, 1.54) is 12.5 Å². The fourth-order valence-corrected chi connectivity index (χ4v) is 2.85. The van der Waals surface area contributed by atoms with Crippen LogP contribution in [0.25, 0.3) is 0 Å². The number of rotatable bonds is 4. The van der Waals surface area contributed by atoms with E-state index >= 15 is 0 Å². The summed E-state index contributed by atoms with van der Waals surface area (Å²) in [5.74, 6) is 1.08. The van der Waals surface area contributed by atoms with E-state index < -0.39 is 5.54 Å². The van der Waals surface area contributed by atoms with E-state index in [9.17, 15) is 4.79 Å². The first-order valence-corrected chi connectivity index (χ1v) is 7.74. The molecule has 3 rings (SSSR count). The third kappa shape index (κ3) is 2.88. The largest absolute Gasteiger partial charge is 0.383 e. The number of hydrogen-bond acceptors (Lipinski definition) is 7. The summed E-state index contributed by atoms with van der Waals surface area (Å²) in [4.78, 5) is 24.8. The average molecular weight is 316 g/mol. The number of carbonyl (C=O) groups excluding carboxylic acids is 1. The minimum absolute atomic E-state index is 0.142. The van der Waals surface area contributed by atoms with Crippen LogP contribution in [-0.4, -0.2) is 26.0 Å². The van der Waals surface area contributed by atoms with Gasteiger partial charge in [-0.2, -0.15) is 4.98 Å². The van der Waals surface area contributed by atoms with Crippen molar-refractivity contribution in [3.05, 3.63) is 29.8 Å². The lowest BCUT2D eigenvalue weighted by Crippen LogP contribution is -2.45. The molecule has 1 aliphatic rings. The second-order valence-electron chi connectivity index (χ2n) is 6.18. The van der Waals surface area contributed by atoms with Crippen LogP contribution in [0.1, 0.15) is 67.5 Å². The van der Waals surface area contributed by atoms with Gasteiger partial charge < -0.3 is 15.6 Å². The topological polar surface area (TPSA) is 120 Å². The smallest absolute Gasteiger partial charge is 0.257 e. The highest BCUT2D eigenvalue weighted by atomic mass is 16.5. The standard InChI is InChI=1S/C15H20N6O2/c1-9(2)13-19-14(21-23-13)15(5-3-4-6-15)20-12(22)10-7-17-8-18-11(10)16/h7-9H,3-6H2,1-2H3,(H,20,22)(H2,16,17,18). The molecule has 3 N–H and O–H groups in total. The lowest BCUT2D eigenvalue weighted by atomic mass is 9.96. The molecule has 8 heteroatoms. The molecule has 0 saturated heterocycles. The molecule has 0 unspecified atom stereocenters. The normalized spacial score (nSPS) is 16.7. The van der Waals surface area contributed by atoms with Crippen molar-refractivity contribution < 1.29 is 9.32 Å². The minimum Gasteiger partial charge on any atom is -0.383 e. The van der Waals surface area contributed by atoms with Crippen LogP contribution in [0.4, 0.5) is 5.82 Å². The maximum Gasteiger partial charge on any atom is 0.257 e. The highest BCUT2D eigenvalue weighted by Gasteiger charge is 2.42. The summed E-state index contributed by atoms with van der Waals surface area (Å²) in [6.45, 7) is 3.97. The Hall–Kier alpha value is -2.51. The Kier molecular flexibility index (Phi) is 3.97. The van der Waals surface area contributed by atoms with Crippen molar-refractivity contribution in [3.8, 4) is 0 Å². The van der Waals surface area contributed by atoms with Gasteiger partial charge in [0, 0.05) is 12.1 Å². The Morgan fingerprint density at radius 2 is 2.13 bits per heavy atom. The van der Waals surface area contributed by atoms with Crippen LogP contribution in [0.2, 0.25) is 0 Å². The Labute approximate surface area is 133 Å². The summed E-state index contributed by atoms with van der Waals surface area (Å²) in [5.41, 5.74) is 5.40. The number of anilines is 1. The van der Waals surface area contributed by atoms with Gasteiger partial charge in [0.2, 0.25) is 5.89 Å². The summed E-state index contributed by atoms with van der Waals surface area (Å²) in [6, 6.07) is 0. The lowest BCUT2D eigenvalue weighted by molar-refractivity contribution is 0.0892. The van der Waals surface area contributed by atoms with E-state index in [2.05, 4.69) is 25.4 Å². The number of hydrogen-bond donors (Lipinski definition) is 2. The zero-order valence-electron chi connectivity index (χ0n) is 13.2. The molecular weight excluding hydrogens is 296 g/mol. The van der Waals surface area contributed by atoms with Crippen LogP contribution in [0.5, 0.6) is 0 Å². The molecule has 0 aromatic carbocycles. The fourth-order valence-electron chi connectivity index (χ4n) is 2.85. The third-order valence-electron chi connectivity index (χ3n) is 4.16. The fraction of sp³-hybridized carbons (Fsp3) is 0.533. The molecule has 0 spiro atoms. The summed E-state index contributed by atoms with van der Waals surface area (Å²) in [5, 5.41) is 7.13. The van der Waals surface area contributed by atoms with E-state index in [0.29, 0.717) is 11.7 Å². The zero-order valence-corrected chi connectivity index (χ0v) is 13.2. The van der Waals surface area contributed by atoms with Crippen molar-refractivity contribution in [1.29, 1.82) is 0 Å². The second kappa shape index (κ2) is 5.94. The highest BCUT2D eigenvalue weighted by molar-refractivity contribution is 5.98. The molecule has 122 valence electrons. The van der Waals surface area contributed by atoms with E-state index in [0.717, 1.165) is 25.7 Å². The predicted octanol–water partition coefficient (Wildman–Crippen LogP) is 1.76. The van der Waals surface area contributed by atoms with Gasteiger partial charge in [-0.3, -0.25) is 4.79 Å². The number of aromatic nitrogens is 4. The Balaban J connectivity index is 1.89. The monoisotopic (exact) mass is 316 g/mol. The van der Waals surface area contributed by atoms with Crippen molar-refractivity contribution >= 4 is 11.7 Å². The summed E-state index contributed by atoms with van der Waals surface area (Å²) in [7, 11) is 0. The van der Waals surface area contributed by atoms with Gasteiger partial charge in [0.05, 0.1) is 5.56 Å². The molecule has 0 aliphatic heterocycles. The molecule has 0 atom stereocenters. The molecule has 2 aromatic rings. The molecule has 2 aromatic heterocycles. The molecule has 0 bridgehead atoms. The van der Waals surface area contributed by atoms with Gasteiger partial charge in [-0.05, 0) is 12.8 Å². The third-order valence-corrected chi connectivity index (χ3v) is 4.16. The lowest BCUT2D eigenvalue weighted by Gasteiger charge is -2.26. The molecule has 1 amide bonds. The molecule has 23 heavy (non-hydrogen) atoms. The molecular formula is C15H20N6O2. The summed E-state index contributed by atoms with van der Waals surface area (Å²) in [6.07, 6.45) is 6.24. The van der Waals surface area contributed by atoms with Crippen LogP contribution < -0.4 is 11.1 Å². The Morgan fingerprint density at radius 1 is 1.39 bits per heavy atom. The van der Waals surface area contributed by atoms with Crippen molar-refractivity contribution in [2.75, 3.05) is 5.73 Å². The Morgan fingerprint density at radius 3 is 2.74 bits per heavy atom. The van der Waals surface area contributed by atoms with Crippen LogP contribution in [-0.2, 0) is 5.54 Å².